The molecule has 1 saturated heterocycles. The molecule has 58 valence electrons. The molecule has 0 spiro atoms. The molecule has 0 aromatic rings. The summed E-state index contributed by atoms with van der Waals surface area (Å²) in [6.07, 6.45) is 0. The maximum absolute atomic E-state index is 13.0. The Labute approximate surface area is 58.4 Å². The van der Waals surface area contributed by atoms with Crippen molar-refractivity contribution in [2.45, 2.75) is 5.85 Å². The summed E-state index contributed by atoms with van der Waals surface area (Å²) in [6.45, 7) is 3.02. The van der Waals surface area contributed by atoms with Crippen molar-refractivity contribution in [3.63, 3.8) is 0 Å². The number of halogens is 1. The predicted octanol–water partition coefficient (Wildman–Crippen LogP) is 0.817. The van der Waals surface area contributed by atoms with Gasteiger partial charge in [0.2, 0.25) is 0 Å². The summed E-state index contributed by atoms with van der Waals surface area (Å²) in [5.74, 6) is -1.81. The zero-order valence-corrected chi connectivity index (χ0v) is 5.72. The Morgan fingerprint density at radius 1 is 1.90 bits per heavy atom. The van der Waals surface area contributed by atoms with Crippen molar-refractivity contribution in [3.8, 4) is 0 Å². The van der Waals surface area contributed by atoms with Gasteiger partial charge in [-0.2, -0.15) is 4.39 Å². The van der Waals surface area contributed by atoms with Gasteiger partial charge in [0.05, 0.1) is 0 Å². The molecule has 1 atom stereocenters. The Bertz CT molecular complexity index is 148. The van der Waals surface area contributed by atoms with Gasteiger partial charge in [-0.05, 0) is 6.58 Å². The Hall–Kier alpha value is -0.770. The molecule has 0 bridgehead atoms. The second-order valence-corrected chi connectivity index (χ2v) is 2.08. The first kappa shape index (κ1) is 7.34. The predicted molar refractivity (Wildman–Crippen MR) is 31.9 cm³/mol. The van der Waals surface area contributed by atoms with Gasteiger partial charge in [0.15, 0.2) is 6.61 Å². The van der Waals surface area contributed by atoms with Crippen LogP contribution in [0.15, 0.2) is 12.5 Å². The maximum atomic E-state index is 13.0. The van der Waals surface area contributed by atoms with Gasteiger partial charge < -0.3 is 14.2 Å². The van der Waals surface area contributed by atoms with E-state index < -0.39 is 5.85 Å². The van der Waals surface area contributed by atoms with Crippen LogP contribution >= 0.6 is 0 Å². The van der Waals surface area contributed by atoms with Crippen molar-refractivity contribution in [1.29, 1.82) is 0 Å². The van der Waals surface area contributed by atoms with Gasteiger partial charge in [-0.25, -0.2) is 0 Å². The van der Waals surface area contributed by atoms with E-state index in [2.05, 4.69) is 20.8 Å². The number of methoxy groups -OCH3 is 1. The van der Waals surface area contributed by atoms with Crippen molar-refractivity contribution in [3.05, 3.63) is 12.5 Å². The van der Waals surface area contributed by atoms with Crippen LogP contribution in [0.4, 0.5) is 4.39 Å². The van der Waals surface area contributed by atoms with Gasteiger partial charge in [0.25, 0.3) is 5.95 Å². The largest absolute Gasteiger partial charge is 0.458 e. The van der Waals surface area contributed by atoms with E-state index in [0.717, 1.165) is 0 Å². The first-order valence-electron chi connectivity index (χ1n) is 2.85. The first-order valence-corrected chi connectivity index (χ1v) is 2.85. The fourth-order valence-corrected chi connectivity index (χ4v) is 0.738. The fraction of sp³-hybridized carbons (Fsp3) is 0.667. The molecule has 0 saturated carbocycles. The van der Waals surface area contributed by atoms with Crippen LogP contribution < -0.4 is 0 Å². The third kappa shape index (κ3) is 1.39. The number of rotatable bonds is 2. The van der Waals surface area contributed by atoms with Gasteiger partial charge in [-0.15, -0.1) is 0 Å². The molecule has 1 aliphatic rings. The molecule has 1 aliphatic heterocycles. The van der Waals surface area contributed by atoms with Gasteiger partial charge in [-0.1, -0.05) is 0 Å². The second kappa shape index (κ2) is 2.46. The highest BCUT2D eigenvalue weighted by Gasteiger charge is 2.39. The summed E-state index contributed by atoms with van der Waals surface area (Å²) in [7, 11) is 1.39. The lowest BCUT2D eigenvalue weighted by molar-refractivity contribution is -0.116. The Kier molecular flexibility index (Phi) is 1.80. The van der Waals surface area contributed by atoms with E-state index in [9.17, 15) is 4.39 Å². The van der Waals surface area contributed by atoms with Crippen LogP contribution in [0.1, 0.15) is 0 Å². The molecule has 1 unspecified atom stereocenters. The minimum atomic E-state index is -1.83. The van der Waals surface area contributed by atoms with Crippen molar-refractivity contribution in [2.75, 3.05) is 20.3 Å². The smallest absolute Gasteiger partial charge is 0.307 e. The van der Waals surface area contributed by atoms with E-state index in [-0.39, 0.29) is 19.2 Å². The van der Waals surface area contributed by atoms with E-state index in [0.29, 0.717) is 0 Å². The number of hydrogen-bond acceptors (Lipinski definition) is 3. The quantitative estimate of drug-likeness (QED) is 0.580. The summed E-state index contributed by atoms with van der Waals surface area (Å²) in [5.41, 5.74) is 0. The number of alkyl halides is 1. The molecule has 10 heavy (non-hydrogen) atoms. The van der Waals surface area contributed by atoms with E-state index in [1.807, 2.05) is 0 Å². The lowest BCUT2D eigenvalue weighted by Gasteiger charge is -2.13. The molecule has 0 aromatic carbocycles. The van der Waals surface area contributed by atoms with Gasteiger partial charge in [0, 0.05) is 7.11 Å². The average molecular weight is 148 g/mol. The van der Waals surface area contributed by atoms with Crippen LogP contribution in [0.25, 0.3) is 0 Å². The number of hydrogen-bond donors (Lipinski definition) is 0. The van der Waals surface area contributed by atoms with Crippen LogP contribution in [-0.2, 0) is 14.2 Å². The van der Waals surface area contributed by atoms with Crippen LogP contribution in [0, 0.1) is 0 Å². The lowest BCUT2D eigenvalue weighted by atomic mass is 10.4. The summed E-state index contributed by atoms with van der Waals surface area (Å²) < 4.78 is 26.8. The van der Waals surface area contributed by atoms with Crippen molar-refractivity contribution in [1.82, 2.24) is 0 Å². The minimum Gasteiger partial charge on any atom is -0.458 e. The van der Waals surface area contributed by atoms with Crippen LogP contribution in [-0.4, -0.2) is 26.2 Å². The Morgan fingerprint density at radius 3 is 3.00 bits per heavy atom. The highest BCUT2D eigenvalue weighted by molar-refractivity contribution is 4.84. The van der Waals surface area contributed by atoms with Crippen molar-refractivity contribution >= 4 is 0 Å². The molecule has 0 amide bonds. The summed E-state index contributed by atoms with van der Waals surface area (Å²) in [5, 5.41) is 0. The molecule has 0 aliphatic carbocycles. The average Bonchev–Trinajstić information content (AvgIpc) is 2.12. The van der Waals surface area contributed by atoms with E-state index in [1.54, 1.807) is 0 Å². The maximum Gasteiger partial charge on any atom is 0.307 e. The second-order valence-electron chi connectivity index (χ2n) is 2.08. The summed E-state index contributed by atoms with van der Waals surface area (Å²) in [4.78, 5) is 0. The highest BCUT2D eigenvalue weighted by Crippen LogP contribution is 2.25. The third-order valence-corrected chi connectivity index (χ3v) is 1.11. The SMILES string of the molecule is C=C1OCC(F)(COC)O1. The molecule has 0 aromatic heterocycles. The topological polar surface area (TPSA) is 27.7 Å². The molecule has 1 rings (SSSR count). The molecule has 1 fully saturated rings. The van der Waals surface area contributed by atoms with Crippen LogP contribution in [0.5, 0.6) is 0 Å². The van der Waals surface area contributed by atoms with Gasteiger partial charge >= 0.3 is 5.85 Å². The molecule has 0 radical (unpaired) electrons. The van der Waals surface area contributed by atoms with E-state index in [4.69, 9.17) is 0 Å². The van der Waals surface area contributed by atoms with Crippen molar-refractivity contribution < 1.29 is 18.6 Å². The Balaban J connectivity index is 2.46. The van der Waals surface area contributed by atoms with Crippen LogP contribution in [0.2, 0.25) is 0 Å². The fourth-order valence-electron chi connectivity index (χ4n) is 0.738. The van der Waals surface area contributed by atoms with E-state index >= 15 is 0 Å². The lowest BCUT2D eigenvalue weighted by Crippen LogP contribution is -2.30. The monoisotopic (exact) mass is 148 g/mol. The molecule has 0 N–H and O–H groups in total. The standard InChI is InChI=1S/C6H9FO3/c1-5-9-4-6(7,10-5)3-8-2/h1,3-4H2,2H3. The number of ether oxygens (including phenoxy) is 3. The Morgan fingerprint density at radius 2 is 2.60 bits per heavy atom. The normalized spacial score (nSPS) is 31.6. The zero-order valence-electron chi connectivity index (χ0n) is 5.72. The summed E-state index contributed by atoms with van der Waals surface area (Å²) in [6, 6.07) is 0. The zero-order chi connectivity index (χ0) is 7.61. The molecule has 4 heteroatoms. The minimum absolute atomic E-state index is 0.0135. The molecule has 3 nitrogen and oxygen atoms in total. The molecular weight excluding hydrogens is 139 g/mol. The molecular formula is C6H9FO3. The van der Waals surface area contributed by atoms with Gasteiger partial charge in [-0.3, -0.25) is 0 Å². The first-order chi connectivity index (χ1) is 4.66. The van der Waals surface area contributed by atoms with Crippen LogP contribution in [0.3, 0.4) is 0 Å². The van der Waals surface area contributed by atoms with E-state index in [1.165, 1.54) is 7.11 Å². The summed E-state index contributed by atoms with van der Waals surface area (Å²) >= 11 is 0. The third-order valence-electron chi connectivity index (χ3n) is 1.11. The van der Waals surface area contributed by atoms with Crippen molar-refractivity contribution in [2.24, 2.45) is 0 Å². The molecule has 1 heterocycles. The highest BCUT2D eigenvalue weighted by atomic mass is 19.2. The van der Waals surface area contributed by atoms with Gasteiger partial charge in [0.1, 0.15) is 6.61 Å².